The number of primary amides is 1. The highest BCUT2D eigenvalue weighted by atomic mass is 16.5. The average Bonchev–Trinajstić information content (AvgIpc) is 2.17. The van der Waals surface area contributed by atoms with Gasteiger partial charge in [0, 0.05) is 19.6 Å². The largest absolute Gasteiger partial charge is 0.376 e. The van der Waals surface area contributed by atoms with Gasteiger partial charge in [-0.1, -0.05) is 6.92 Å². The first-order chi connectivity index (χ1) is 7.13. The van der Waals surface area contributed by atoms with Crippen molar-refractivity contribution in [1.82, 2.24) is 10.2 Å². The number of amides is 1. The molecule has 1 heterocycles. The monoisotopic (exact) mass is 215 g/mol. The van der Waals surface area contributed by atoms with Crippen molar-refractivity contribution in [3.63, 3.8) is 0 Å². The summed E-state index contributed by atoms with van der Waals surface area (Å²) < 4.78 is 5.43. The van der Waals surface area contributed by atoms with Gasteiger partial charge in [0.25, 0.3) is 0 Å². The molecule has 2 atom stereocenters. The molecule has 0 radical (unpaired) electrons. The van der Waals surface area contributed by atoms with E-state index in [0.717, 1.165) is 26.2 Å². The number of carbonyl (C=O) groups is 1. The second kappa shape index (κ2) is 6.05. The van der Waals surface area contributed by atoms with Crippen molar-refractivity contribution in [1.29, 1.82) is 0 Å². The molecule has 3 N–H and O–H groups in total. The van der Waals surface area contributed by atoms with E-state index in [0.29, 0.717) is 6.54 Å². The second-order valence-corrected chi connectivity index (χ2v) is 3.95. The number of ether oxygens (including phenoxy) is 1. The molecular weight excluding hydrogens is 194 g/mol. The van der Waals surface area contributed by atoms with Gasteiger partial charge in [-0.05, 0) is 13.5 Å². The predicted octanol–water partition coefficient (Wildman–Crippen LogP) is -0.829. The summed E-state index contributed by atoms with van der Waals surface area (Å²) in [6.45, 7) is 7.92. The van der Waals surface area contributed by atoms with Crippen LogP contribution in [0.15, 0.2) is 0 Å². The minimum absolute atomic E-state index is 0.244. The zero-order valence-corrected chi connectivity index (χ0v) is 9.53. The van der Waals surface area contributed by atoms with E-state index in [1.807, 2.05) is 13.8 Å². The molecule has 0 aromatic carbocycles. The van der Waals surface area contributed by atoms with Crippen LogP contribution in [-0.2, 0) is 9.53 Å². The molecule has 2 unspecified atom stereocenters. The number of hydrogen-bond donors (Lipinski definition) is 2. The fourth-order valence-corrected chi connectivity index (χ4v) is 1.82. The van der Waals surface area contributed by atoms with Crippen LogP contribution in [-0.4, -0.2) is 55.7 Å². The minimum atomic E-state index is -0.281. The van der Waals surface area contributed by atoms with Gasteiger partial charge in [-0.15, -0.1) is 0 Å². The van der Waals surface area contributed by atoms with Crippen molar-refractivity contribution in [3.8, 4) is 0 Å². The molecule has 0 aliphatic carbocycles. The Morgan fingerprint density at radius 3 is 3.00 bits per heavy atom. The van der Waals surface area contributed by atoms with Crippen LogP contribution in [0.25, 0.3) is 0 Å². The smallest absolute Gasteiger partial charge is 0.235 e. The maximum Gasteiger partial charge on any atom is 0.235 e. The highest BCUT2D eigenvalue weighted by molar-refractivity contribution is 5.80. The van der Waals surface area contributed by atoms with Gasteiger partial charge in [-0.3, -0.25) is 9.69 Å². The molecule has 1 fully saturated rings. The topological polar surface area (TPSA) is 67.6 Å². The van der Waals surface area contributed by atoms with Gasteiger partial charge >= 0.3 is 0 Å². The lowest BCUT2D eigenvalue weighted by Gasteiger charge is -2.33. The van der Waals surface area contributed by atoms with Crippen LogP contribution in [0.4, 0.5) is 0 Å². The normalized spacial score (nSPS) is 25.1. The molecule has 88 valence electrons. The molecule has 1 amide bonds. The lowest BCUT2D eigenvalue weighted by molar-refractivity contribution is -0.121. The van der Waals surface area contributed by atoms with Gasteiger partial charge in [0.05, 0.1) is 18.8 Å². The zero-order chi connectivity index (χ0) is 11.3. The summed E-state index contributed by atoms with van der Waals surface area (Å²) in [5.74, 6) is -0.281. The first-order valence-corrected chi connectivity index (χ1v) is 5.50. The molecule has 1 rings (SSSR count). The van der Waals surface area contributed by atoms with Crippen LogP contribution in [0, 0.1) is 0 Å². The van der Waals surface area contributed by atoms with E-state index in [1.54, 1.807) is 0 Å². The van der Waals surface area contributed by atoms with Crippen molar-refractivity contribution in [2.24, 2.45) is 5.73 Å². The highest BCUT2D eigenvalue weighted by Crippen LogP contribution is 2.04. The molecule has 0 aromatic heterocycles. The van der Waals surface area contributed by atoms with Crippen LogP contribution < -0.4 is 11.1 Å². The molecule has 1 saturated heterocycles. The van der Waals surface area contributed by atoms with Gasteiger partial charge < -0.3 is 15.8 Å². The number of hydrogen-bond acceptors (Lipinski definition) is 4. The average molecular weight is 215 g/mol. The summed E-state index contributed by atoms with van der Waals surface area (Å²) in [7, 11) is 0. The quantitative estimate of drug-likeness (QED) is 0.628. The Hall–Kier alpha value is -0.650. The van der Waals surface area contributed by atoms with Crippen LogP contribution in [0.2, 0.25) is 0 Å². The Morgan fingerprint density at radius 2 is 2.47 bits per heavy atom. The summed E-state index contributed by atoms with van der Waals surface area (Å²) in [5, 5.41) is 3.09. The molecule has 1 aliphatic heterocycles. The third-order valence-corrected chi connectivity index (χ3v) is 2.56. The van der Waals surface area contributed by atoms with Crippen LogP contribution in [0.3, 0.4) is 0 Å². The fourth-order valence-electron chi connectivity index (χ4n) is 1.82. The van der Waals surface area contributed by atoms with E-state index in [1.165, 1.54) is 0 Å². The standard InChI is InChI=1S/C10H21N3O2/c1-3-12-9(10(11)14)7-13-4-5-15-8(2)6-13/h8-9,12H,3-7H2,1-2H3,(H2,11,14). The van der Waals surface area contributed by atoms with E-state index < -0.39 is 0 Å². The summed E-state index contributed by atoms with van der Waals surface area (Å²) in [6.07, 6.45) is 0.244. The SMILES string of the molecule is CCNC(CN1CCOC(C)C1)C(N)=O. The lowest BCUT2D eigenvalue weighted by Crippen LogP contribution is -2.52. The number of rotatable bonds is 5. The van der Waals surface area contributed by atoms with E-state index in [2.05, 4.69) is 10.2 Å². The maximum absolute atomic E-state index is 11.1. The molecule has 1 aliphatic rings. The van der Waals surface area contributed by atoms with Gasteiger partial charge in [0.2, 0.25) is 5.91 Å². The van der Waals surface area contributed by atoms with E-state index in [9.17, 15) is 4.79 Å². The van der Waals surface area contributed by atoms with Gasteiger partial charge in [0.1, 0.15) is 0 Å². The van der Waals surface area contributed by atoms with E-state index in [4.69, 9.17) is 10.5 Å². The molecule has 0 bridgehead atoms. The second-order valence-electron chi connectivity index (χ2n) is 3.95. The third kappa shape index (κ3) is 4.15. The van der Waals surface area contributed by atoms with Gasteiger partial charge in [0.15, 0.2) is 0 Å². The predicted molar refractivity (Wildman–Crippen MR) is 58.5 cm³/mol. The third-order valence-electron chi connectivity index (χ3n) is 2.56. The fraction of sp³-hybridized carbons (Fsp3) is 0.900. The summed E-state index contributed by atoms with van der Waals surface area (Å²) >= 11 is 0. The zero-order valence-electron chi connectivity index (χ0n) is 9.53. The summed E-state index contributed by atoms with van der Waals surface area (Å²) in [5.41, 5.74) is 5.32. The highest BCUT2D eigenvalue weighted by Gasteiger charge is 2.22. The Balaban J connectivity index is 2.39. The van der Waals surface area contributed by atoms with E-state index >= 15 is 0 Å². The Labute approximate surface area is 90.9 Å². The number of carbonyl (C=O) groups excluding carboxylic acids is 1. The van der Waals surface area contributed by atoms with Crippen molar-refractivity contribution in [3.05, 3.63) is 0 Å². The molecule has 15 heavy (non-hydrogen) atoms. The van der Waals surface area contributed by atoms with Gasteiger partial charge in [-0.2, -0.15) is 0 Å². The molecule has 0 spiro atoms. The van der Waals surface area contributed by atoms with Gasteiger partial charge in [-0.25, -0.2) is 0 Å². The Morgan fingerprint density at radius 1 is 1.73 bits per heavy atom. The molecule has 5 nitrogen and oxygen atoms in total. The molecule has 0 aromatic rings. The summed E-state index contributed by atoms with van der Waals surface area (Å²) in [4.78, 5) is 13.4. The molecule has 0 saturated carbocycles. The minimum Gasteiger partial charge on any atom is -0.376 e. The first kappa shape index (κ1) is 12.4. The van der Waals surface area contributed by atoms with Crippen molar-refractivity contribution in [2.75, 3.05) is 32.8 Å². The number of nitrogens with two attached hydrogens (primary N) is 1. The van der Waals surface area contributed by atoms with Crippen molar-refractivity contribution < 1.29 is 9.53 Å². The van der Waals surface area contributed by atoms with E-state index in [-0.39, 0.29) is 18.1 Å². The number of morpholine rings is 1. The number of likely N-dealkylation sites (N-methyl/N-ethyl adjacent to an activating group) is 1. The number of nitrogens with one attached hydrogen (secondary N) is 1. The first-order valence-electron chi connectivity index (χ1n) is 5.50. The molecule has 5 heteroatoms. The van der Waals surface area contributed by atoms with Crippen LogP contribution >= 0.6 is 0 Å². The summed E-state index contributed by atoms with van der Waals surface area (Å²) in [6, 6.07) is -0.250. The van der Waals surface area contributed by atoms with Crippen LogP contribution in [0.5, 0.6) is 0 Å². The lowest BCUT2D eigenvalue weighted by atomic mass is 10.2. The number of nitrogens with zero attached hydrogens (tertiary/aromatic N) is 1. The van der Waals surface area contributed by atoms with Crippen molar-refractivity contribution >= 4 is 5.91 Å². The Bertz CT molecular complexity index is 211. The van der Waals surface area contributed by atoms with Crippen molar-refractivity contribution in [2.45, 2.75) is 26.0 Å². The maximum atomic E-state index is 11.1. The Kier molecular flexibility index (Phi) is 5.01. The van der Waals surface area contributed by atoms with Crippen LogP contribution in [0.1, 0.15) is 13.8 Å². The molecular formula is C10H21N3O2.